The maximum atomic E-state index is 10.3. The molecule has 0 aromatic carbocycles. The zero-order chi connectivity index (χ0) is 11.1. The van der Waals surface area contributed by atoms with E-state index in [1.165, 1.54) is 31.9 Å². The second kappa shape index (κ2) is 6.58. The summed E-state index contributed by atoms with van der Waals surface area (Å²) < 4.78 is -0.000255. The first-order valence-corrected chi connectivity index (χ1v) is 8.74. The Kier molecular flexibility index (Phi) is 5.74. The minimum atomic E-state index is -0.000255. The Balaban J connectivity index is 2.71. The van der Waals surface area contributed by atoms with E-state index >= 15 is 0 Å². The van der Waals surface area contributed by atoms with E-state index in [1.807, 2.05) is 0 Å². The van der Waals surface area contributed by atoms with Crippen molar-refractivity contribution in [1.29, 1.82) is 0 Å². The second-order valence-corrected chi connectivity index (χ2v) is 7.43. The first-order chi connectivity index (χ1) is 7.20. The monoisotopic (exact) mass is 323 g/mol. The molecular weight excluding hydrogens is 303 g/mol. The predicted octanol–water partition coefficient (Wildman–Crippen LogP) is -0.245. The molecule has 0 aliphatic heterocycles. The molecule has 1 fully saturated rings. The molecule has 1 aliphatic rings. The summed E-state index contributed by atoms with van der Waals surface area (Å²) in [5.41, 5.74) is 7.55. The van der Waals surface area contributed by atoms with E-state index in [9.17, 15) is 4.91 Å². The van der Waals surface area contributed by atoms with Crippen molar-refractivity contribution >= 4 is 0 Å². The van der Waals surface area contributed by atoms with E-state index in [4.69, 9.17) is 5.73 Å². The first-order valence-electron chi connectivity index (χ1n) is 5.50. The average Bonchev–Trinajstić information content (AvgIpc) is 2.31. The number of hydrogen-bond acceptors (Lipinski definition) is 3. The molecule has 0 aromatic heterocycles. The molecule has 15 heavy (non-hydrogen) atoms. The molecule has 0 saturated heterocycles. The third kappa shape index (κ3) is 4.59. The van der Waals surface area contributed by atoms with Crippen molar-refractivity contribution < 1.29 is 21.2 Å². The predicted molar refractivity (Wildman–Crippen MR) is 59.0 cm³/mol. The molecule has 0 amide bonds. The summed E-state index contributed by atoms with van der Waals surface area (Å²) >= 11 is 0.0153. The van der Waals surface area contributed by atoms with Crippen LogP contribution in [0.5, 0.6) is 0 Å². The van der Waals surface area contributed by atoms with Crippen molar-refractivity contribution in [2.45, 2.75) is 48.5 Å². The first kappa shape index (κ1) is 13.1. The van der Waals surface area contributed by atoms with E-state index in [1.54, 1.807) is 0 Å². The van der Waals surface area contributed by atoms with E-state index in [0.717, 1.165) is 24.8 Å². The summed E-state index contributed by atoms with van der Waals surface area (Å²) in [5, 5.41) is 2.91. The van der Waals surface area contributed by atoms with Crippen LogP contribution in [0.1, 0.15) is 44.9 Å². The SMILES string of the molecule is C[I-][C@]1(N)CCCCCC/C(=C/N=O)C1. The Hall–Kier alpha value is 0.0300. The Bertz CT molecular complexity index is 243. The van der Waals surface area contributed by atoms with Crippen molar-refractivity contribution in [1.82, 2.24) is 0 Å². The third-order valence-electron chi connectivity index (χ3n) is 2.97. The van der Waals surface area contributed by atoms with E-state index in [0.29, 0.717) is 0 Å². The molecular formula is C11H20IN2O-. The molecule has 1 rings (SSSR count). The van der Waals surface area contributed by atoms with Gasteiger partial charge >= 0.3 is 102 Å². The van der Waals surface area contributed by atoms with Gasteiger partial charge in [0.2, 0.25) is 0 Å². The molecule has 88 valence electrons. The van der Waals surface area contributed by atoms with Crippen molar-refractivity contribution in [3.63, 3.8) is 0 Å². The fraction of sp³-hybridized carbons (Fsp3) is 0.818. The van der Waals surface area contributed by atoms with Crippen LogP contribution in [0.25, 0.3) is 0 Å². The van der Waals surface area contributed by atoms with Gasteiger partial charge in [-0.25, -0.2) is 0 Å². The third-order valence-corrected chi connectivity index (χ3v) is 6.04. The summed E-state index contributed by atoms with van der Waals surface area (Å²) in [5.74, 6) is 0. The Morgan fingerprint density at radius 3 is 2.80 bits per heavy atom. The van der Waals surface area contributed by atoms with Crippen LogP contribution in [0, 0.1) is 4.91 Å². The zero-order valence-corrected chi connectivity index (χ0v) is 11.5. The van der Waals surface area contributed by atoms with Crippen LogP contribution in [0.3, 0.4) is 0 Å². The summed E-state index contributed by atoms with van der Waals surface area (Å²) in [6.07, 6.45) is 9.47. The molecule has 0 radical (unpaired) electrons. The van der Waals surface area contributed by atoms with Crippen LogP contribution < -0.4 is 26.9 Å². The molecule has 4 heteroatoms. The Morgan fingerprint density at radius 1 is 1.40 bits per heavy atom. The van der Waals surface area contributed by atoms with Gasteiger partial charge in [-0.2, -0.15) is 0 Å². The fourth-order valence-electron chi connectivity index (χ4n) is 2.02. The molecule has 1 atom stereocenters. The van der Waals surface area contributed by atoms with Crippen LogP contribution in [-0.2, 0) is 0 Å². The number of nitrogens with zero attached hydrogens (tertiary/aromatic N) is 1. The fourth-order valence-corrected chi connectivity index (χ4v) is 3.82. The number of alkyl halides is 2. The number of rotatable bonds is 2. The standard InChI is InChI=1S/C11H20IN2O/c1-12-11(13)7-5-3-2-4-6-10(8-11)9-14-15/h9H,2-8,13H2,1H3/q-1/b10-9-/t11-/m0/s1. The molecule has 0 unspecified atom stereocenters. The van der Waals surface area contributed by atoms with Gasteiger partial charge in [-0.3, -0.25) is 0 Å². The summed E-state index contributed by atoms with van der Waals surface area (Å²) in [7, 11) is 0. The van der Waals surface area contributed by atoms with Crippen molar-refractivity contribution in [3.8, 4) is 0 Å². The number of halogens is 1. The van der Waals surface area contributed by atoms with Crippen LogP contribution in [-0.4, -0.2) is 8.48 Å². The number of hydrogen-bond donors (Lipinski definition) is 1. The molecule has 0 spiro atoms. The molecule has 0 bridgehead atoms. The van der Waals surface area contributed by atoms with Gasteiger partial charge in [0.15, 0.2) is 0 Å². The van der Waals surface area contributed by atoms with Gasteiger partial charge in [0.1, 0.15) is 0 Å². The maximum absolute atomic E-state index is 10.3. The van der Waals surface area contributed by atoms with E-state index in [2.05, 4.69) is 10.1 Å². The Labute approximate surface area is 102 Å². The van der Waals surface area contributed by atoms with E-state index < -0.39 is 0 Å². The van der Waals surface area contributed by atoms with Gasteiger partial charge in [-0.15, -0.1) is 0 Å². The van der Waals surface area contributed by atoms with Gasteiger partial charge in [0.05, 0.1) is 0 Å². The topological polar surface area (TPSA) is 55.4 Å². The van der Waals surface area contributed by atoms with Crippen molar-refractivity contribution in [2.75, 3.05) is 4.93 Å². The van der Waals surface area contributed by atoms with Crippen LogP contribution in [0.2, 0.25) is 0 Å². The number of nitrogens with two attached hydrogens (primary N) is 1. The average molecular weight is 323 g/mol. The van der Waals surface area contributed by atoms with Crippen LogP contribution in [0.15, 0.2) is 16.9 Å². The quantitative estimate of drug-likeness (QED) is 0.330. The van der Waals surface area contributed by atoms with Gasteiger partial charge in [-0.05, 0) is 0 Å². The van der Waals surface area contributed by atoms with Crippen LogP contribution in [0.4, 0.5) is 0 Å². The summed E-state index contributed by atoms with van der Waals surface area (Å²) in [6.45, 7) is 0. The van der Waals surface area contributed by atoms with Crippen LogP contribution >= 0.6 is 0 Å². The number of nitroso groups, excluding NO2 is 1. The molecule has 1 aliphatic carbocycles. The molecule has 0 aromatic rings. The normalized spacial score (nSPS) is 32.0. The van der Waals surface area contributed by atoms with Gasteiger partial charge in [0, 0.05) is 0 Å². The van der Waals surface area contributed by atoms with Crippen molar-refractivity contribution in [2.24, 2.45) is 10.9 Å². The molecule has 1 saturated carbocycles. The van der Waals surface area contributed by atoms with Gasteiger partial charge in [0.25, 0.3) is 0 Å². The minimum absolute atomic E-state index is 0.000255. The van der Waals surface area contributed by atoms with E-state index in [-0.39, 0.29) is 24.8 Å². The Morgan fingerprint density at radius 2 is 2.13 bits per heavy atom. The van der Waals surface area contributed by atoms with Gasteiger partial charge < -0.3 is 0 Å². The zero-order valence-electron chi connectivity index (χ0n) is 9.34. The molecule has 2 N–H and O–H groups in total. The van der Waals surface area contributed by atoms with Gasteiger partial charge in [-0.1, -0.05) is 0 Å². The molecule has 0 heterocycles. The molecule has 3 nitrogen and oxygen atoms in total. The summed E-state index contributed by atoms with van der Waals surface area (Å²) in [6, 6.07) is 0. The van der Waals surface area contributed by atoms with Crippen molar-refractivity contribution in [3.05, 3.63) is 16.7 Å². The second-order valence-electron chi connectivity index (χ2n) is 4.21. The summed E-state index contributed by atoms with van der Waals surface area (Å²) in [4.78, 5) is 12.5.